The van der Waals surface area contributed by atoms with Crippen LogP contribution in [0.5, 0.6) is 5.75 Å². The molecule has 0 bridgehead atoms. The largest absolute Gasteiger partial charge is 0.573 e. The second-order valence-electron chi connectivity index (χ2n) is 6.08. The van der Waals surface area contributed by atoms with Crippen LogP contribution in [0.2, 0.25) is 0 Å². The molecule has 6 nitrogen and oxygen atoms in total. The third-order valence-electron chi connectivity index (χ3n) is 3.71. The number of rotatable bonds is 7. The van der Waals surface area contributed by atoms with E-state index in [1.165, 1.54) is 12.1 Å². The Kier molecular flexibility index (Phi) is 6.25. The van der Waals surface area contributed by atoms with Gasteiger partial charge in [-0.25, -0.2) is 4.98 Å². The van der Waals surface area contributed by atoms with Crippen LogP contribution in [-0.2, 0) is 6.54 Å². The van der Waals surface area contributed by atoms with Crippen LogP contribution < -0.4 is 4.74 Å². The number of aromatic nitrogens is 2. The van der Waals surface area contributed by atoms with Crippen molar-refractivity contribution in [1.82, 2.24) is 19.8 Å². The third kappa shape index (κ3) is 5.76. The van der Waals surface area contributed by atoms with Crippen molar-refractivity contribution in [2.75, 3.05) is 27.2 Å². The number of nitrogens with one attached hydrogen (secondary N) is 1. The van der Waals surface area contributed by atoms with Gasteiger partial charge in [-0.15, -0.1) is 13.2 Å². The van der Waals surface area contributed by atoms with Crippen LogP contribution in [0.15, 0.2) is 30.6 Å². The fourth-order valence-corrected chi connectivity index (χ4v) is 2.28. The summed E-state index contributed by atoms with van der Waals surface area (Å²) in [6.07, 6.45) is -3.21. The fourth-order valence-electron chi connectivity index (χ4n) is 2.28. The first kappa shape index (κ1) is 19.8. The lowest BCUT2D eigenvalue weighted by Gasteiger charge is -2.24. The maximum absolute atomic E-state index is 12.8. The summed E-state index contributed by atoms with van der Waals surface area (Å²) in [5, 5.41) is 0. The van der Waals surface area contributed by atoms with Crippen molar-refractivity contribution < 1.29 is 22.7 Å². The molecule has 142 valence electrons. The number of carbonyl (C=O) groups is 1. The number of alkyl halides is 3. The van der Waals surface area contributed by atoms with E-state index in [-0.39, 0.29) is 17.2 Å². The minimum atomic E-state index is -4.76. The van der Waals surface area contributed by atoms with Crippen LogP contribution in [0.25, 0.3) is 0 Å². The highest BCUT2D eigenvalue weighted by molar-refractivity contribution is 5.94. The monoisotopic (exact) mass is 370 g/mol. The lowest BCUT2D eigenvalue weighted by Crippen LogP contribution is -2.36. The molecule has 0 spiro atoms. The van der Waals surface area contributed by atoms with Gasteiger partial charge >= 0.3 is 6.36 Å². The molecule has 1 N–H and O–H groups in total. The number of aryl methyl sites for hydroxylation is 1. The van der Waals surface area contributed by atoms with E-state index in [0.717, 1.165) is 23.5 Å². The van der Waals surface area contributed by atoms with Gasteiger partial charge in [0.2, 0.25) is 0 Å². The Morgan fingerprint density at radius 2 is 1.85 bits per heavy atom. The van der Waals surface area contributed by atoms with E-state index in [1.54, 1.807) is 11.2 Å². The molecule has 1 amide bonds. The Hall–Kier alpha value is -2.55. The van der Waals surface area contributed by atoms with Gasteiger partial charge in [-0.3, -0.25) is 4.79 Å². The molecule has 0 fully saturated rings. The lowest BCUT2D eigenvalue weighted by atomic mass is 10.1. The molecule has 1 heterocycles. The van der Waals surface area contributed by atoms with Crippen molar-refractivity contribution in [1.29, 1.82) is 0 Å². The Morgan fingerprint density at radius 1 is 1.19 bits per heavy atom. The first-order valence-electron chi connectivity index (χ1n) is 7.94. The van der Waals surface area contributed by atoms with Crippen LogP contribution in [0.1, 0.15) is 21.7 Å². The van der Waals surface area contributed by atoms with Gasteiger partial charge in [0.15, 0.2) is 0 Å². The zero-order valence-corrected chi connectivity index (χ0v) is 14.8. The summed E-state index contributed by atoms with van der Waals surface area (Å²) in [4.78, 5) is 23.5. The molecule has 0 aliphatic rings. The van der Waals surface area contributed by atoms with Gasteiger partial charge in [0.1, 0.15) is 5.75 Å². The topological polar surface area (TPSA) is 61.5 Å². The van der Waals surface area contributed by atoms with Crippen molar-refractivity contribution >= 4 is 5.91 Å². The Balaban J connectivity index is 2.15. The number of aromatic amines is 1. The van der Waals surface area contributed by atoms with E-state index in [9.17, 15) is 18.0 Å². The minimum absolute atomic E-state index is 0.284. The molecule has 9 heteroatoms. The zero-order valence-electron chi connectivity index (χ0n) is 14.8. The maximum Gasteiger partial charge on any atom is 0.573 e. The normalized spacial score (nSPS) is 11.7. The molecule has 0 atom stereocenters. The molecule has 2 aromatic rings. The van der Waals surface area contributed by atoms with E-state index < -0.39 is 6.36 Å². The van der Waals surface area contributed by atoms with E-state index in [1.807, 2.05) is 25.9 Å². The van der Waals surface area contributed by atoms with Crippen LogP contribution in [0, 0.1) is 6.92 Å². The molecule has 1 aromatic carbocycles. The molecular weight excluding hydrogens is 349 g/mol. The average molecular weight is 370 g/mol. The van der Waals surface area contributed by atoms with E-state index in [0.29, 0.717) is 19.6 Å². The highest BCUT2D eigenvalue weighted by atomic mass is 19.4. The van der Waals surface area contributed by atoms with Gasteiger partial charge in [0.25, 0.3) is 5.91 Å². The van der Waals surface area contributed by atoms with Gasteiger partial charge in [0.05, 0.1) is 18.6 Å². The second-order valence-corrected chi connectivity index (χ2v) is 6.08. The predicted octanol–water partition coefficient (Wildman–Crippen LogP) is 2.82. The number of amides is 1. The standard InChI is InChI=1S/C17H21F3N4O2/c1-12-15(22-11-21-12)10-24(9-8-23(2)3)16(25)13-4-6-14(7-5-13)26-17(18,19)20/h4-7,11H,8-10H2,1-3H3,(H,21,22). The highest BCUT2D eigenvalue weighted by Crippen LogP contribution is 2.23. The highest BCUT2D eigenvalue weighted by Gasteiger charge is 2.31. The number of H-pyrrole nitrogens is 1. The number of imidazole rings is 1. The Bertz CT molecular complexity index is 726. The van der Waals surface area contributed by atoms with Crippen molar-refractivity contribution in [3.05, 3.63) is 47.5 Å². The molecule has 26 heavy (non-hydrogen) atoms. The fraction of sp³-hybridized carbons (Fsp3) is 0.412. The lowest BCUT2D eigenvalue weighted by molar-refractivity contribution is -0.274. The smallest absolute Gasteiger partial charge is 0.406 e. The summed E-state index contributed by atoms with van der Waals surface area (Å²) < 4.78 is 40.6. The summed E-state index contributed by atoms with van der Waals surface area (Å²) in [5.41, 5.74) is 1.89. The second kappa shape index (κ2) is 8.22. The summed E-state index contributed by atoms with van der Waals surface area (Å²) in [6.45, 7) is 3.27. The van der Waals surface area contributed by atoms with Gasteiger partial charge in [-0.1, -0.05) is 0 Å². The maximum atomic E-state index is 12.8. The summed E-state index contributed by atoms with van der Waals surface area (Å²) in [6, 6.07) is 4.90. The Labute approximate surface area is 149 Å². The number of likely N-dealkylation sites (N-methyl/N-ethyl adjacent to an activating group) is 1. The van der Waals surface area contributed by atoms with Crippen LogP contribution in [0.3, 0.4) is 0 Å². The minimum Gasteiger partial charge on any atom is -0.406 e. The van der Waals surface area contributed by atoms with Gasteiger partial charge in [-0.05, 0) is 45.3 Å². The summed E-state index contributed by atoms with van der Waals surface area (Å²) >= 11 is 0. The van der Waals surface area contributed by atoms with Crippen molar-refractivity contribution in [2.45, 2.75) is 19.8 Å². The molecule has 1 aromatic heterocycles. The van der Waals surface area contributed by atoms with Gasteiger partial charge in [0, 0.05) is 24.3 Å². The van der Waals surface area contributed by atoms with E-state index in [2.05, 4.69) is 14.7 Å². The van der Waals surface area contributed by atoms with E-state index in [4.69, 9.17) is 0 Å². The van der Waals surface area contributed by atoms with Crippen molar-refractivity contribution in [2.24, 2.45) is 0 Å². The first-order valence-corrected chi connectivity index (χ1v) is 7.94. The van der Waals surface area contributed by atoms with Crippen molar-refractivity contribution in [3.63, 3.8) is 0 Å². The molecule has 0 unspecified atom stereocenters. The van der Waals surface area contributed by atoms with E-state index >= 15 is 0 Å². The van der Waals surface area contributed by atoms with Gasteiger partial charge in [-0.2, -0.15) is 0 Å². The first-order chi connectivity index (χ1) is 12.2. The SMILES string of the molecule is Cc1[nH]cnc1CN(CCN(C)C)C(=O)c1ccc(OC(F)(F)F)cc1. The number of hydrogen-bond acceptors (Lipinski definition) is 4. The molecule has 0 saturated heterocycles. The zero-order chi connectivity index (χ0) is 19.3. The summed E-state index contributed by atoms with van der Waals surface area (Å²) in [7, 11) is 3.79. The number of ether oxygens (including phenoxy) is 1. The Morgan fingerprint density at radius 3 is 2.35 bits per heavy atom. The number of hydrogen-bond donors (Lipinski definition) is 1. The van der Waals surface area contributed by atoms with Gasteiger partial charge < -0.3 is 19.5 Å². The third-order valence-corrected chi connectivity index (χ3v) is 3.71. The van der Waals surface area contributed by atoms with Crippen LogP contribution >= 0.6 is 0 Å². The molecular formula is C17H21F3N4O2. The molecule has 0 saturated carbocycles. The predicted molar refractivity (Wildman–Crippen MR) is 89.7 cm³/mol. The number of carbonyl (C=O) groups excluding carboxylic acids is 1. The quantitative estimate of drug-likeness (QED) is 0.814. The molecule has 2 rings (SSSR count). The number of benzene rings is 1. The number of halogens is 3. The molecule has 0 radical (unpaired) electrons. The van der Waals surface area contributed by atoms with Crippen LogP contribution in [0.4, 0.5) is 13.2 Å². The summed E-state index contributed by atoms with van der Waals surface area (Å²) in [5.74, 6) is -0.648. The van der Waals surface area contributed by atoms with Crippen LogP contribution in [-0.4, -0.2) is 59.2 Å². The number of nitrogens with zero attached hydrogens (tertiary/aromatic N) is 3. The van der Waals surface area contributed by atoms with Crippen molar-refractivity contribution in [3.8, 4) is 5.75 Å². The molecule has 0 aliphatic carbocycles. The molecule has 0 aliphatic heterocycles. The average Bonchev–Trinajstić information content (AvgIpc) is 2.94.